The third kappa shape index (κ3) is 4.62. The largest absolute Gasteiger partial charge is 0.325 e. The number of carbonyl (C=O) groups excluding carboxylic acids is 1. The molecule has 0 radical (unpaired) electrons. The molecule has 2 aromatic carbocycles. The van der Waals surface area contributed by atoms with Crippen LogP contribution in [0.3, 0.4) is 0 Å². The van der Waals surface area contributed by atoms with Crippen molar-refractivity contribution in [2.24, 2.45) is 0 Å². The van der Waals surface area contributed by atoms with Crippen LogP contribution in [0.5, 0.6) is 0 Å². The van der Waals surface area contributed by atoms with Crippen molar-refractivity contribution in [1.29, 1.82) is 0 Å². The summed E-state index contributed by atoms with van der Waals surface area (Å²) >= 11 is 1.29. The van der Waals surface area contributed by atoms with Crippen molar-refractivity contribution in [2.75, 3.05) is 5.32 Å². The van der Waals surface area contributed by atoms with Gasteiger partial charge >= 0.3 is 0 Å². The monoisotopic (exact) mass is 382 g/mol. The number of rotatable bonds is 7. The van der Waals surface area contributed by atoms with Gasteiger partial charge in [-0.25, -0.2) is 4.39 Å². The van der Waals surface area contributed by atoms with Crippen LogP contribution in [0.25, 0.3) is 11.4 Å². The summed E-state index contributed by atoms with van der Waals surface area (Å²) in [5.74, 6) is 0.0853. The maximum absolute atomic E-state index is 13.3. The Labute approximate surface area is 161 Å². The first-order chi connectivity index (χ1) is 13.1. The van der Waals surface area contributed by atoms with Crippen molar-refractivity contribution in [2.45, 2.75) is 23.9 Å². The number of halogens is 1. The molecule has 1 heterocycles. The van der Waals surface area contributed by atoms with Gasteiger partial charge in [-0.3, -0.25) is 9.36 Å². The third-order valence-corrected chi connectivity index (χ3v) is 4.88. The summed E-state index contributed by atoms with van der Waals surface area (Å²) in [6, 6.07) is 15.5. The SMILES string of the molecule is C=CCn1c(S[C@@H](C)C(=O)Nc2cccc(F)c2)nnc1-c1ccccc1. The van der Waals surface area contributed by atoms with E-state index in [4.69, 9.17) is 0 Å². The Kier molecular flexibility index (Phi) is 6.03. The van der Waals surface area contributed by atoms with Gasteiger partial charge in [0.25, 0.3) is 0 Å². The van der Waals surface area contributed by atoms with E-state index in [0.29, 0.717) is 17.4 Å². The van der Waals surface area contributed by atoms with E-state index >= 15 is 0 Å². The van der Waals surface area contributed by atoms with Crippen LogP contribution in [0, 0.1) is 5.82 Å². The van der Waals surface area contributed by atoms with Crippen molar-refractivity contribution in [3.8, 4) is 11.4 Å². The normalized spacial score (nSPS) is 11.8. The summed E-state index contributed by atoms with van der Waals surface area (Å²) in [6.45, 7) is 6.09. The molecule has 1 atom stereocenters. The van der Waals surface area contributed by atoms with Crippen LogP contribution in [-0.4, -0.2) is 25.9 Å². The van der Waals surface area contributed by atoms with Gasteiger partial charge in [0, 0.05) is 17.8 Å². The number of amides is 1. The highest BCUT2D eigenvalue weighted by atomic mass is 32.2. The number of allylic oxidation sites excluding steroid dienone is 1. The predicted octanol–water partition coefficient (Wildman–Crippen LogP) is 4.39. The minimum atomic E-state index is -0.440. The molecule has 0 spiro atoms. The Morgan fingerprint density at radius 2 is 2.04 bits per heavy atom. The fourth-order valence-electron chi connectivity index (χ4n) is 2.49. The quantitative estimate of drug-likeness (QED) is 0.486. The number of aromatic nitrogens is 3. The molecule has 0 saturated heterocycles. The molecule has 0 unspecified atom stereocenters. The van der Waals surface area contributed by atoms with Crippen LogP contribution in [0.1, 0.15) is 6.92 Å². The van der Waals surface area contributed by atoms with Gasteiger partial charge in [0.1, 0.15) is 5.82 Å². The summed E-state index contributed by atoms with van der Waals surface area (Å²) in [6.07, 6.45) is 1.76. The summed E-state index contributed by atoms with van der Waals surface area (Å²) < 4.78 is 15.2. The van der Waals surface area contributed by atoms with Crippen LogP contribution in [0.4, 0.5) is 10.1 Å². The van der Waals surface area contributed by atoms with E-state index in [0.717, 1.165) is 11.4 Å². The molecule has 138 valence electrons. The van der Waals surface area contributed by atoms with E-state index in [2.05, 4.69) is 22.1 Å². The Hall–Kier alpha value is -2.93. The first-order valence-electron chi connectivity index (χ1n) is 8.41. The Balaban J connectivity index is 1.77. The second-order valence-electron chi connectivity index (χ2n) is 5.83. The van der Waals surface area contributed by atoms with Gasteiger partial charge in [-0.05, 0) is 25.1 Å². The molecule has 0 bridgehead atoms. The van der Waals surface area contributed by atoms with E-state index in [1.54, 1.807) is 25.1 Å². The van der Waals surface area contributed by atoms with E-state index in [1.165, 1.54) is 23.9 Å². The Morgan fingerprint density at radius 1 is 1.26 bits per heavy atom. The van der Waals surface area contributed by atoms with Gasteiger partial charge in [0.05, 0.1) is 5.25 Å². The van der Waals surface area contributed by atoms with Gasteiger partial charge in [-0.1, -0.05) is 54.2 Å². The van der Waals surface area contributed by atoms with Crippen LogP contribution >= 0.6 is 11.8 Å². The van der Waals surface area contributed by atoms with E-state index in [-0.39, 0.29) is 5.91 Å². The molecule has 0 aliphatic carbocycles. The highest BCUT2D eigenvalue weighted by Gasteiger charge is 2.20. The average Bonchev–Trinajstić information content (AvgIpc) is 3.05. The second-order valence-corrected chi connectivity index (χ2v) is 7.14. The van der Waals surface area contributed by atoms with Gasteiger partial charge in [0.2, 0.25) is 5.91 Å². The molecule has 0 aliphatic heterocycles. The van der Waals surface area contributed by atoms with Crippen LogP contribution < -0.4 is 5.32 Å². The summed E-state index contributed by atoms with van der Waals surface area (Å²) in [4.78, 5) is 12.4. The number of hydrogen-bond donors (Lipinski definition) is 1. The van der Waals surface area contributed by atoms with Gasteiger partial charge in [0.15, 0.2) is 11.0 Å². The lowest BCUT2D eigenvalue weighted by Gasteiger charge is -2.13. The number of anilines is 1. The zero-order valence-electron chi connectivity index (χ0n) is 14.8. The van der Waals surface area contributed by atoms with Crippen molar-refractivity contribution < 1.29 is 9.18 Å². The molecular weight excluding hydrogens is 363 g/mol. The number of thioether (sulfide) groups is 1. The molecule has 3 aromatic rings. The highest BCUT2D eigenvalue weighted by molar-refractivity contribution is 8.00. The lowest BCUT2D eigenvalue weighted by Crippen LogP contribution is -2.23. The van der Waals surface area contributed by atoms with Crippen LogP contribution in [0.2, 0.25) is 0 Å². The first kappa shape index (κ1) is 18.8. The van der Waals surface area contributed by atoms with Crippen LogP contribution in [-0.2, 0) is 11.3 Å². The molecule has 1 aromatic heterocycles. The van der Waals surface area contributed by atoms with Gasteiger partial charge in [-0.2, -0.15) is 0 Å². The molecule has 27 heavy (non-hydrogen) atoms. The number of nitrogens with zero attached hydrogens (tertiary/aromatic N) is 3. The van der Waals surface area contributed by atoms with Crippen molar-refractivity contribution in [3.05, 3.63) is 73.1 Å². The third-order valence-electron chi connectivity index (χ3n) is 3.80. The molecule has 5 nitrogen and oxygen atoms in total. The smallest absolute Gasteiger partial charge is 0.237 e. The summed E-state index contributed by atoms with van der Waals surface area (Å²) in [5, 5.41) is 11.4. The highest BCUT2D eigenvalue weighted by Crippen LogP contribution is 2.27. The van der Waals surface area contributed by atoms with Crippen molar-refractivity contribution >= 4 is 23.4 Å². The topological polar surface area (TPSA) is 59.8 Å². The number of carbonyl (C=O) groups is 1. The molecule has 3 rings (SSSR count). The molecule has 0 fully saturated rings. The number of nitrogens with one attached hydrogen (secondary N) is 1. The second kappa shape index (κ2) is 8.64. The molecular formula is C20H19FN4OS. The number of hydrogen-bond acceptors (Lipinski definition) is 4. The van der Waals surface area contributed by atoms with E-state index in [1.807, 2.05) is 34.9 Å². The molecule has 1 amide bonds. The lowest BCUT2D eigenvalue weighted by molar-refractivity contribution is -0.115. The molecule has 0 saturated carbocycles. The first-order valence-corrected chi connectivity index (χ1v) is 9.29. The molecule has 1 N–H and O–H groups in total. The standard InChI is InChI=1S/C20H19FN4OS/c1-3-12-25-18(15-8-5-4-6-9-15)23-24-20(25)27-14(2)19(26)22-17-11-7-10-16(21)13-17/h3-11,13-14H,1,12H2,2H3,(H,22,26)/t14-/m0/s1. The Bertz CT molecular complexity index is 942. The average molecular weight is 382 g/mol. The zero-order chi connectivity index (χ0) is 19.2. The van der Waals surface area contributed by atoms with E-state index < -0.39 is 11.1 Å². The van der Waals surface area contributed by atoms with Crippen molar-refractivity contribution in [3.63, 3.8) is 0 Å². The fourth-order valence-corrected chi connectivity index (χ4v) is 3.35. The van der Waals surface area contributed by atoms with Gasteiger partial charge in [-0.15, -0.1) is 16.8 Å². The minimum Gasteiger partial charge on any atom is -0.325 e. The van der Waals surface area contributed by atoms with Crippen LogP contribution in [0.15, 0.2) is 72.4 Å². The number of benzene rings is 2. The van der Waals surface area contributed by atoms with Crippen molar-refractivity contribution in [1.82, 2.24) is 14.8 Å². The minimum absolute atomic E-state index is 0.236. The summed E-state index contributed by atoms with van der Waals surface area (Å²) in [5.41, 5.74) is 1.36. The maximum Gasteiger partial charge on any atom is 0.237 e. The lowest BCUT2D eigenvalue weighted by atomic mass is 10.2. The molecule has 7 heteroatoms. The fraction of sp³-hybridized carbons (Fsp3) is 0.150. The summed E-state index contributed by atoms with van der Waals surface area (Å²) in [7, 11) is 0. The predicted molar refractivity (Wildman–Crippen MR) is 106 cm³/mol. The van der Waals surface area contributed by atoms with Gasteiger partial charge < -0.3 is 5.32 Å². The molecule has 0 aliphatic rings. The zero-order valence-corrected chi connectivity index (χ0v) is 15.6. The van der Waals surface area contributed by atoms with E-state index in [9.17, 15) is 9.18 Å². The Morgan fingerprint density at radius 3 is 2.74 bits per heavy atom. The maximum atomic E-state index is 13.3.